The number of ether oxygens (including phenoxy) is 2. The maximum absolute atomic E-state index is 12.2. The molecule has 25 heavy (non-hydrogen) atoms. The summed E-state index contributed by atoms with van der Waals surface area (Å²) < 4.78 is 10.7. The molecule has 1 amide bonds. The highest BCUT2D eigenvalue weighted by molar-refractivity contribution is 6.31. The number of nitrogens with two attached hydrogens (primary N) is 1. The molecule has 1 aliphatic heterocycles. The van der Waals surface area contributed by atoms with Crippen LogP contribution < -0.4 is 20.1 Å². The van der Waals surface area contributed by atoms with Crippen molar-refractivity contribution in [2.75, 3.05) is 13.3 Å². The average Bonchev–Trinajstić information content (AvgIpc) is 3.07. The van der Waals surface area contributed by atoms with Crippen molar-refractivity contribution in [1.82, 2.24) is 5.32 Å². The summed E-state index contributed by atoms with van der Waals surface area (Å²) in [6.07, 6.45) is 0. The largest absolute Gasteiger partial charge is 0.454 e. The first-order chi connectivity index (χ1) is 12.0. The molecule has 1 heterocycles. The number of carbonyl (C=O) groups is 1. The summed E-state index contributed by atoms with van der Waals surface area (Å²) in [7, 11) is 0. The van der Waals surface area contributed by atoms with Crippen LogP contribution in [0.3, 0.4) is 0 Å². The lowest BCUT2D eigenvalue weighted by Crippen LogP contribution is -2.87. The van der Waals surface area contributed by atoms with Gasteiger partial charge in [-0.1, -0.05) is 35.9 Å². The monoisotopic (exact) mass is 361 g/mol. The van der Waals surface area contributed by atoms with E-state index in [2.05, 4.69) is 5.32 Å². The molecule has 3 rings (SSSR count). The molecule has 6 heteroatoms. The molecule has 132 valence electrons. The van der Waals surface area contributed by atoms with Crippen molar-refractivity contribution in [3.63, 3.8) is 0 Å². The van der Waals surface area contributed by atoms with Gasteiger partial charge in [-0.2, -0.15) is 0 Å². The zero-order valence-corrected chi connectivity index (χ0v) is 15.0. The van der Waals surface area contributed by atoms with E-state index in [0.29, 0.717) is 6.54 Å². The smallest absolute Gasteiger partial charge is 0.275 e. The van der Waals surface area contributed by atoms with Gasteiger partial charge >= 0.3 is 0 Å². The van der Waals surface area contributed by atoms with Gasteiger partial charge in [-0.3, -0.25) is 4.79 Å². The van der Waals surface area contributed by atoms with Crippen LogP contribution in [-0.4, -0.2) is 19.2 Å². The van der Waals surface area contributed by atoms with Crippen LogP contribution >= 0.6 is 11.6 Å². The van der Waals surface area contributed by atoms with Gasteiger partial charge in [0, 0.05) is 10.6 Å². The summed E-state index contributed by atoms with van der Waals surface area (Å²) in [6, 6.07) is 13.4. The number of benzene rings is 2. The van der Waals surface area contributed by atoms with Crippen molar-refractivity contribution in [2.45, 2.75) is 25.9 Å². The highest BCUT2D eigenvalue weighted by atomic mass is 35.5. The van der Waals surface area contributed by atoms with Gasteiger partial charge in [0.05, 0.1) is 6.04 Å². The predicted octanol–water partition coefficient (Wildman–Crippen LogP) is 2.57. The summed E-state index contributed by atoms with van der Waals surface area (Å²) >= 11 is 6.20. The van der Waals surface area contributed by atoms with Crippen molar-refractivity contribution < 1.29 is 19.6 Å². The number of hydrogen-bond donors (Lipinski definition) is 2. The van der Waals surface area contributed by atoms with Crippen molar-refractivity contribution in [1.29, 1.82) is 0 Å². The lowest BCUT2D eigenvalue weighted by Gasteiger charge is -2.16. The summed E-state index contributed by atoms with van der Waals surface area (Å²) in [5, 5.41) is 5.71. The Kier molecular flexibility index (Phi) is 5.46. The van der Waals surface area contributed by atoms with Gasteiger partial charge in [0.2, 0.25) is 6.79 Å². The third-order valence-electron chi connectivity index (χ3n) is 4.33. The van der Waals surface area contributed by atoms with E-state index in [-0.39, 0.29) is 24.8 Å². The second-order valence-corrected chi connectivity index (χ2v) is 6.56. The molecule has 0 spiro atoms. The minimum absolute atomic E-state index is 0.0240. The molecule has 0 aromatic heterocycles. The minimum Gasteiger partial charge on any atom is -0.454 e. The van der Waals surface area contributed by atoms with E-state index in [4.69, 9.17) is 21.1 Å². The molecular formula is C19H22ClN2O3+. The normalized spacial score (nSPS) is 14.8. The predicted molar refractivity (Wildman–Crippen MR) is 95.8 cm³/mol. The van der Waals surface area contributed by atoms with Crippen LogP contribution in [0.15, 0.2) is 42.5 Å². The van der Waals surface area contributed by atoms with Crippen LogP contribution in [-0.2, 0) is 4.79 Å². The Labute approximate surface area is 152 Å². The maximum Gasteiger partial charge on any atom is 0.275 e. The second kappa shape index (κ2) is 7.76. The highest BCUT2D eigenvalue weighted by Crippen LogP contribution is 2.34. The van der Waals surface area contributed by atoms with E-state index in [9.17, 15) is 4.79 Å². The van der Waals surface area contributed by atoms with E-state index in [1.807, 2.05) is 61.6 Å². The van der Waals surface area contributed by atoms with Gasteiger partial charge < -0.3 is 20.1 Å². The summed E-state index contributed by atoms with van der Waals surface area (Å²) in [5.74, 6) is 1.44. The Morgan fingerprint density at radius 1 is 1.20 bits per heavy atom. The van der Waals surface area contributed by atoms with E-state index in [0.717, 1.165) is 27.6 Å². The fraction of sp³-hybridized carbons (Fsp3) is 0.316. The van der Waals surface area contributed by atoms with Crippen LogP contribution in [0.1, 0.15) is 37.1 Å². The Morgan fingerprint density at radius 3 is 2.76 bits per heavy atom. The molecule has 0 unspecified atom stereocenters. The Bertz CT molecular complexity index is 766. The standard InChI is InChI=1S/C19H21ClN2O3/c1-12(14-7-8-17-18(9-14)25-11-24-17)22-19(23)10-21-13(2)15-5-3-4-6-16(15)20/h3-9,12-13,21H,10-11H2,1-2H3,(H,22,23)/p+1/t12-,13+/m1/s1. The van der Waals surface area contributed by atoms with E-state index in [1.54, 1.807) is 0 Å². The molecule has 0 aliphatic carbocycles. The second-order valence-electron chi connectivity index (χ2n) is 6.15. The number of quaternary nitrogens is 1. The molecule has 2 atom stereocenters. The van der Waals surface area contributed by atoms with Gasteiger partial charge in [0.25, 0.3) is 5.91 Å². The van der Waals surface area contributed by atoms with Crippen LogP contribution in [0.2, 0.25) is 5.02 Å². The van der Waals surface area contributed by atoms with Crippen LogP contribution in [0, 0.1) is 0 Å². The molecule has 2 aromatic carbocycles. The van der Waals surface area contributed by atoms with Crippen LogP contribution in [0.4, 0.5) is 0 Å². The summed E-state index contributed by atoms with van der Waals surface area (Å²) in [4.78, 5) is 12.2. The van der Waals surface area contributed by atoms with Gasteiger partial charge in [-0.15, -0.1) is 0 Å². The SMILES string of the molecule is C[C@H]([NH2+]CC(=O)N[C@H](C)c1ccc2c(c1)OCO2)c1ccccc1Cl. The highest BCUT2D eigenvalue weighted by Gasteiger charge is 2.18. The molecular weight excluding hydrogens is 340 g/mol. The van der Waals surface area contributed by atoms with E-state index < -0.39 is 0 Å². The minimum atomic E-state index is -0.106. The van der Waals surface area contributed by atoms with Gasteiger partial charge in [-0.25, -0.2) is 0 Å². The topological polar surface area (TPSA) is 64.2 Å². The van der Waals surface area contributed by atoms with Crippen molar-refractivity contribution in [3.8, 4) is 11.5 Å². The quantitative estimate of drug-likeness (QED) is 0.831. The lowest BCUT2D eigenvalue weighted by atomic mass is 10.1. The lowest BCUT2D eigenvalue weighted by molar-refractivity contribution is -0.682. The Hall–Kier alpha value is -2.24. The van der Waals surface area contributed by atoms with Crippen LogP contribution in [0.5, 0.6) is 11.5 Å². The molecule has 0 radical (unpaired) electrons. The number of halogens is 1. The molecule has 0 saturated carbocycles. The molecule has 2 aromatic rings. The number of hydrogen-bond acceptors (Lipinski definition) is 3. The number of fused-ring (bicyclic) bond motifs is 1. The zero-order valence-electron chi connectivity index (χ0n) is 14.3. The maximum atomic E-state index is 12.2. The summed E-state index contributed by atoms with van der Waals surface area (Å²) in [6.45, 7) is 4.57. The number of carbonyl (C=O) groups excluding carboxylic acids is 1. The molecule has 5 nitrogen and oxygen atoms in total. The third kappa shape index (κ3) is 4.24. The first kappa shape index (κ1) is 17.6. The van der Waals surface area contributed by atoms with Gasteiger partial charge in [0.15, 0.2) is 18.0 Å². The Morgan fingerprint density at radius 2 is 1.96 bits per heavy atom. The van der Waals surface area contributed by atoms with Crippen molar-refractivity contribution in [2.24, 2.45) is 0 Å². The fourth-order valence-corrected chi connectivity index (χ4v) is 3.13. The molecule has 0 bridgehead atoms. The van der Waals surface area contributed by atoms with E-state index in [1.165, 1.54) is 0 Å². The fourth-order valence-electron chi connectivity index (χ4n) is 2.82. The van der Waals surface area contributed by atoms with Crippen molar-refractivity contribution in [3.05, 3.63) is 58.6 Å². The molecule has 0 saturated heterocycles. The zero-order chi connectivity index (χ0) is 17.8. The van der Waals surface area contributed by atoms with Crippen LogP contribution in [0.25, 0.3) is 0 Å². The number of nitrogens with one attached hydrogen (secondary N) is 1. The van der Waals surface area contributed by atoms with Gasteiger partial charge in [0.1, 0.15) is 6.04 Å². The number of rotatable bonds is 6. The Balaban J connectivity index is 1.53. The number of amides is 1. The molecule has 1 aliphatic rings. The molecule has 3 N–H and O–H groups in total. The first-order valence-corrected chi connectivity index (χ1v) is 8.69. The summed E-state index contributed by atoms with van der Waals surface area (Å²) in [5.41, 5.74) is 2.01. The first-order valence-electron chi connectivity index (χ1n) is 8.31. The van der Waals surface area contributed by atoms with Crippen molar-refractivity contribution >= 4 is 17.5 Å². The average molecular weight is 362 g/mol. The van der Waals surface area contributed by atoms with E-state index >= 15 is 0 Å². The molecule has 0 fully saturated rings. The third-order valence-corrected chi connectivity index (χ3v) is 4.67. The van der Waals surface area contributed by atoms with Gasteiger partial charge in [-0.05, 0) is 37.6 Å².